The number of anilines is 2. The number of pyridine rings is 1. The number of aliphatic hydroxyl groups is 1. The van der Waals surface area contributed by atoms with Gasteiger partial charge >= 0.3 is 0 Å². The van der Waals surface area contributed by atoms with Gasteiger partial charge in [-0.15, -0.1) is 11.6 Å². The third-order valence-electron chi connectivity index (χ3n) is 8.12. The molecular formula is C40H49ClN4O8. The van der Waals surface area contributed by atoms with Crippen LogP contribution in [0.1, 0.15) is 52.2 Å². The molecule has 0 unspecified atom stereocenters. The molecule has 4 N–H and O–H groups in total. The number of hydrogen-bond donors (Lipinski definition) is 4. The molecule has 0 saturated carbocycles. The van der Waals surface area contributed by atoms with E-state index in [0.29, 0.717) is 93.2 Å². The van der Waals surface area contributed by atoms with Gasteiger partial charge in [-0.2, -0.15) is 0 Å². The van der Waals surface area contributed by atoms with Crippen LogP contribution in [-0.4, -0.2) is 97.8 Å². The summed E-state index contributed by atoms with van der Waals surface area (Å²) in [6.07, 6.45) is 5.00. The molecule has 3 heterocycles. The zero-order chi connectivity index (χ0) is 38.2. The number of phenolic OH excluding ortho intramolecular Hbond substituents is 1. The van der Waals surface area contributed by atoms with Crippen LogP contribution in [0, 0.1) is 6.92 Å². The second-order valence-corrected chi connectivity index (χ2v) is 12.0. The molecule has 2 amide bonds. The van der Waals surface area contributed by atoms with Crippen molar-refractivity contribution >= 4 is 56.6 Å². The van der Waals surface area contributed by atoms with E-state index in [2.05, 4.69) is 40.7 Å². The quantitative estimate of drug-likeness (QED) is 0.0663. The molecule has 5 aromatic rings. The number of carbonyl (C=O) groups excluding carboxylic acids is 2. The van der Waals surface area contributed by atoms with Crippen molar-refractivity contribution in [2.24, 2.45) is 0 Å². The Labute approximate surface area is 315 Å². The molecule has 284 valence electrons. The lowest BCUT2D eigenvalue weighted by Crippen LogP contribution is -2.29. The Morgan fingerprint density at radius 2 is 1.58 bits per heavy atom. The highest BCUT2D eigenvalue weighted by Crippen LogP contribution is 2.41. The summed E-state index contributed by atoms with van der Waals surface area (Å²) in [4.78, 5) is 35.8. The molecule has 13 heteroatoms. The predicted molar refractivity (Wildman–Crippen MR) is 209 cm³/mol. The molecule has 0 aliphatic carbocycles. The van der Waals surface area contributed by atoms with Gasteiger partial charge in [0.1, 0.15) is 29.6 Å². The molecule has 3 aromatic carbocycles. The number of aromatic nitrogens is 2. The lowest BCUT2D eigenvalue weighted by molar-refractivity contribution is 0.00361. The third-order valence-corrected chi connectivity index (χ3v) is 8.12. The van der Waals surface area contributed by atoms with Gasteiger partial charge in [0.25, 0.3) is 11.8 Å². The lowest BCUT2D eigenvalue weighted by Gasteiger charge is -2.18. The van der Waals surface area contributed by atoms with Crippen LogP contribution in [0.3, 0.4) is 0 Å². The van der Waals surface area contributed by atoms with Crippen molar-refractivity contribution in [1.82, 2.24) is 9.97 Å². The summed E-state index contributed by atoms with van der Waals surface area (Å²) in [5.74, 6) is 0.569. The van der Waals surface area contributed by atoms with Crippen LogP contribution >= 0.6 is 11.6 Å². The minimum absolute atomic E-state index is 0.00315. The first-order valence-electron chi connectivity index (χ1n) is 17.7. The second kappa shape index (κ2) is 21.1. The van der Waals surface area contributed by atoms with Crippen molar-refractivity contribution in [3.05, 3.63) is 89.2 Å². The maximum atomic E-state index is 13.7. The summed E-state index contributed by atoms with van der Waals surface area (Å²) in [5, 5.41) is 24.7. The number of fused-ring (bicyclic) bond motifs is 4. The average Bonchev–Trinajstić information content (AvgIpc) is 3.79. The molecule has 1 aliphatic rings. The highest BCUT2D eigenvalue weighted by Gasteiger charge is 2.29. The van der Waals surface area contributed by atoms with Gasteiger partial charge in [-0.25, -0.2) is 4.98 Å². The summed E-state index contributed by atoms with van der Waals surface area (Å²) in [6, 6.07) is 17.7. The van der Waals surface area contributed by atoms with E-state index in [1.54, 1.807) is 53.6 Å². The molecule has 0 fully saturated rings. The predicted octanol–water partition coefficient (Wildman–Crippen LogP) is 6.88. The molecule has 6 rings (SSSR count). The minimum atomic E-state index is -0.332. The molecule has 12 nitrogen and oxygen atoms in total. The van der Waals surface area contributed by atoms with Crippen LogP contribution in [0.5, 0.6) is 11.5 Å². The number of aliphatic hydroxyl groups excluding tert-OH is 1. The smallest absolute Gasteiger partial charge is 0.274 e. The highest BCUT2D eigenvalue weighted by molar-refractivity contribution is 6.15. The Bertz CT molecular complexity index is 1930. The Kier molecular flexibility index (Phi) is 16.3. The van der Waals surface area contributed by atoms with E-state index in [9.17, 15) is 14.7 Å². The summed E-state index contributed by atoms with van der Waals surface area (Å²) in [5.41, 5.74) is 4.32. The van der Waals surface area contributed by atoms with Crippen LogP contribution in [0.4, 0.5) is 11.5 Å². The first kappa shape index (κ1) is 41.0. The van der Waals surface area contributed by atoms with Crippen molar-refractivity contribution in [2.45, 2.75) is 33.6 Å². The van der Waals surface area contributed by atoms with Gasteiger partial charge in [-0.3, -0.25) is 9.59 Å². The maximum Gasteiger partial charge on any atom is 0.274 e. The van der Waals surface area contributed by atoms with Gasteiger partial charge in [-0.05, 0) is 66.3 Å². The molecule has 0 saturated heterocycles. The normalized spacial score (nSPS) is 11.8. The van der Waals surface area contributed by atoms with Gasteiger partial charge in [0, 0.05) is 35.3 Å². The molecule has 0 spiro atoms. The van der Waals surface area contributed by atoms with E-state index in [-0.39, 0.29) is 24.2 Å². The number of amides is 2. The fourth-order valence-corrected chi connectivity index (χ4v) is 5.83. The molecule has 53 heavy (non-hydrogen) atoms. The second-order valence-electron chi connectivity index (χ2n) is 12.0. The van der Waals surface area contributed by atoms with Crippen LogP contribution < -0.4 is 15.0 Å². The van der Waals surface area contributed by atoms with E-state index in [4.69, 9.17) is 24.1 Å². The maximum absolute atomic E-state index is 13.7. The number of benzene rings is 3. The van der Waals surface area contributed by atoms with E-state index in [1.165, 1.54) is 12.8 Å². The largest absolute Gasteiger partial charge is 0.507 e. The number of aromatic amines is 1. The zero-order valence-corrected chi connectivity index (χ0v) is 31.5. The van der Waals surface area contributed by atoms with Crippen molar-refractivity contribution in [2.75, 3.05) is 76.0 Å². The number of phenols is 1. The van der Waals surface area contributed by atoms with Gasteiger partial charge < -0.3 is 44.4 Å². The van der Waals surface area contributed by atoms with Gasteiger partial charge in [-0.1, -0.05) is 38.5 Å². The van der Waals surface area contributed by atoms with E-state index in [0.717, 1.165) is 27.3 Å². The third kappa shape index (κ3) is 10.9. The molecule has 2 aromatic heterocycles. The first-order valence-corrected chi connectivity index (χ1v) is 18.4. The van der Waals surface area contributed by atoms with Crippen LogP contribution in [0.25, 0.3) is 21.7 Å². The Morgan fingerprint density at radius 3 is 2.26 bits per heavy atom. The lowest BCUT2D eigenvalue weighted by atomic mass is 9.97. The number of alkyl halides is 1. The van der Waals surface area contributed by atoms with Gasteiger partial charge in [0.05, 0.1) is 63.6 Å². The fraction of sp³-hybridized carbons (Fsp3) is 0.375. The number of H-pyrrole nitrogens is 1. The topological polar surface area (TPSA) is 155 Å². The van der Waals surface area contributed by atoms with Gasteiger partial charge in [0.15, 0.2) is 0 Å². The van der Waals surface area contributed by atoms with Crippen LogP contribution in [0.2, 0.25) is 0 Å². The number of ether oxygens (including phenoxy) is 4. The molecule has 1 aliphatic heterocycles. The fourth-order valence-electron chi connectivity index (χ4n) is 5.83. The van der Waals surface area contributed by atoms with Crippen molar-refractivity contribution in [3.63, 3.8) is 0 Å². The Hall–Kier alpha value is -4.72. The Balaban J connectivity index is 0.00000119. The number of nitrogens with one attached hydrogen (secondary N) is 2. The summed E-state index contributed by atoms with van der Waals surface area (Å²) in [7, 11) is 0. The molecule has 0 radical (unpaired) electrons. The number of carbonyl (C=O) groups is 2. The molecule has 0 atom stereocenters. The summed E-state index contributed by atoms with van der Waals surface area (Å²) < 4.78 is 21.6. The molecular weight excluding hydrogens is 700 g/mol. The monoisotopic (exact) mass is 748 g/mol. The zero-order valence-electron chi connectivity index (χ0n) is 30.7. The van der Waals surface area contributed by atoms with Crippen LogP contribution in [0.15, 0.2) is 66.9 Å². The van der Waals surface area contributed by atoms with E-state index >= 15 is 0 Å². The first-order chi connectivity index (χ1) is 25.8. The molecule has 0 bridgehead atoms. The average molecular weight is 749 g/mol. The van der Waals surface area contributed by atoms with Crippen LogP contribution in [-0.2, 0) is 20.6 Å². The van der Waals surface area contributed by atoms with E-state index < -0.39 is 0 Å². The van der Waals surface area contributed by atoms with E-state index in [1.807, 2.05) is 25.1 Å². The number of hydrogen-bond acceptors (Lipinski definition) is 9. The Morgan fingerprint density at radius 1 is 0.925 bits per heavy atom. The number of nitrogens with zero attached hydrogens (tertiary/aromatic N) is 2. The summed E-state index contributed by atoms with van der Waals surface area (Å²) >= 11 is 4.64. The van der Waals surface area contributed by atoms with Crippen molar-refractivity contribution < 1.29 is 38.7 Å². The van der Waals surface area contributed by atoms with Crippen molar-refractivity contribution in [1.29, 1.82) is 0 Å². The summed E-state index contributed by atoms with van der Waals surface area (Å²) in [6.45, 7) is 9.55. The minimum Gasteiger partial charge on any atom is -0.507 e. The SMILES string of the molecule is CCC.CCl.Cc1cccc2c(O)cc3c(c12)CCN3C(=O)c1cc2cc(NC(=O)c3ccc(OCCOCCOCCOCCO)cc3)ncc2[nH]1. The standard InChI is InChI=1S/C36H38N4O8.C3H8.CH3Cl/c1-23-3-2-4-28-32(42)21-31-27(34(23)28)9-10-40(31)36(44)29-19-25-20-33(37-22-30(25)38-29)39-35(43)24-5-7-26(8-6-24)48-18-17-47-16-15-46-14-13-45-12-11-41;1-3-2;1-2/h2-8,19-22,38,41-42H,9-18H2,1H3,(H,37,39,43);3H2,1-2H3;1H3. The van der Waals surface area contributed by atoms with Gasteiger partial charge in [0.2, 0.25) is 0 Å². The number of aryl methyl sites for hydroxylation is 1. The number of aromatic hydroxyl groups is 1. The number of rotatable bonds is 15. The highest BCUT2D eigenvalue weighted by atomic mass is 35.5. The number of halogens is 1. The van der Waals surface area contributed by atoms with Crippen molar-refractivity contribution in [3.8, 4) is 11.5 Å².